The predicted molar refractivity (Wildman–Crippen MR) is 67.4 cm³/mol. The zero-order chi connectivity index (χ0) is 14.6. The monoisotopic (exact) mass is 290 g/mol. The van der Waals surface area contributed by atoms with Gasteiger partial charge in [-0.25, -0.2) is 17.5 Å². The lowest BCUT2D eigenvalue weighted by atomic mass is 10.2. The van der Waals surface area contributed by atoms with Crippen LogP contribution in [0.25, 0.3) is 0 Å². The van der Waals surface area contributed by atoms with E-state index in [1.807, 2.05) is 0 Å². The summed E-state index contributed by atoms with van der Waals surface area (Å²) in [4.78, 5) is 10.7. The number of nitrogen functional groups attached to an aromatic ring is 1. The van der Waals surface area contributed by atoms with Gasteiger partial charge in [-0.05, 0) is 24.6 Å². The molecule has 0 atom stereocenters. The number of sulfonamides is 1. The Kier molecular flexibility index (Phi) is 4.84. The van der Waals surface area contributed by atoms with E-state index < -0.39 is 21.8 Å². The zero-order valence-corrected chi connectivity index (χ0v) is 11.4. The third-order valence-electron chi connectivity index (χ3n) is 2.42. The van der Waals surface area contributed by atoms with E-state index in [4.69, 9.17) is 5.73 Å². The number of aryl methyl sites for hydroxylation is 1. The quantitative estimate of drug-likeness (QED) is 0.610. The summed E-state index contributed by atoms with van der Waals surface area (Å²) in [6.07, 6.45) is -0.0919. The second-order valence-electron chi connectivity index (χ2n) is 3.87. The number of halogens is 1. The van der Waals surface area contributed by atoms with Crippen molar-refractivity contribution >= 4 is 21.7 Å². The topological polar surface area (TPSA) is 98.5 Å². The van der Waals surface area contributed by atoms with E-state index in [1.54, 1.807) is 0 Å². The van der Waals surface area contributed by atoms with Gasteiger partial charge in [0.05, 0.1) is 24.1 Å². The van der Waals surface area contributed by atoms with Crippen LogP contribution in [0.1, 0.15) is 12.0 Å². The molecule has 1 rings (SSSR count). The molecule has 0 bridgehead atoms. The van der Waals surface area contributed by atoms with Gasteiger partial charge < -0.3 is 10.5 Å². The van der Waals surface area contributed by atoms with Crippen molar-refractivity contribution < 1.29 is 22.3 Å². The minimum absolute atomic E-state index is 0.0919. The maximum atomic E-state index is 13.3. The van der Waals surface area contributed by atoms with Gasteiger partial charge in [0.25, 0.3) is 0 Å². The van der Waals surface area contributed by atoms with Crippen LogP contribution in [-0.4, -0.2) is 28.0 Å². The summed E-state index contributed by atoms with van der Waals surface area (Å²) in [6.45, 7) is 1.31. The number of esters is 1. The van der Waals surface area contributed by atoms with Crippen LogP contribution in [0.3, 0.4) is 0 Å². The summed E-state index contributed by atoms with van der Waals surface area (Å²) in [6, 6.07) is 2.20. The molecule has 0 radical (unpaired) electrons. The number of carbonyl (C=O) groups is 1. The minimum Gasteiger partial charge on any atom is -0.469 e. The third-order valence-corrected chi connectivity index (χ3v) is 3.86. The van der Waals surface area contributed by atoms with Gasteiger partial charge in [0.1, 0.15) is 5.82 Å². The van der Waals surface area contributed by atoms with Crippen molar-refractivity contribution in [3.63, 3.8) is 0 Å². The number of carbonyl (C=O) groups excluding carboxylic acids is 1. The lowest BCUT2D eigenvalue weighted by Gasteiger charge is -2.09. The summed E-state index contributed by atoms with van der Waals surface area (Å²) in [5.41, 5.74) is 5.27. The van der Waals surface area contributed by atoms with Crippen LogP contribution < -0.4 is 10.5 Å². The number of ether oxygens (including phenoxy) is 1. The highest BCUT2D eigenvalue weighted by atomic mass is 32.2. The van der Waals surface area contributed by atoms with Gasteiger partial charge in [0.15, 0.2) is 0 Å². The number of benzene rings is 1. The van der Waals surface area contributed by atoms with Crippen LogP contribution in [0.5, 0.6) is 0 Å². The Hall–Kier alpha value is -1.67. The summed E-state index contributed by atoms with van der Waals surface area (Å²) >= 11 is 0. The van der Waals surface area contributed by atoms with Crippen molar-refractivity contribution in [1.82, 2.24) is 4.72 Å². The normalized spacial score (nSPS) is 11.3. The average Bonchev–Trinajstić information content (AvgIpc) is 2.34. The Balaban J connectivity index is 2.86. The van der Waals surface area contributed by atoms with Crippen LogP contribution in [0, 0.1) is 12.7 Å². The number of nitrogens with two attached hydrogens (primary N) is 1. The van der Waals surface area contributed by atoms with Crippen LogP contribution in [-0.2, 0) is 19.6 Å². The van der Waals surface area contributed by atoms with Gasteiger partial charge in [-0.2, -0.15) is 0 Å². The lowest BCUT2D eigenvalue weighted by molar-refractivity contribution is -0.140. The SMILES string of the molecule is COC(=O)CCNS(=O)(=O)c1cc(C)c(F)c(N)c1. The second kappa shape index (κ2) is 5.98. The molecule has 0 amide bonds. The van der Waals surface area contributed by atoms with Crippen molar-refractivity contribution in [2.24, 2.45) is 0 Å². The first-order valence-corrected chi connectivity index (χ1v) is 6.88. The molecule has 1 aromatic rings. The van der Waals surface area contributed by atoms with Crippen LogP contribution >= 0.6 is 0 Å². The number of hydrogen-bond acceptors (Lipinski definition) is 5. The summed E-state index contributed by atoms with van der Waals surface area (Å²) < 4.78 is 43.6. The first-order valence-electron chi connectivity index (χ1n) is 5.40. The molecule has 0 aromatic heterocycles. The van der Waals surface area contributed by atoms with Gasteiger partial charge in [-0.15, -0.1) is 0 Å². The molecule has 0 fully saturated rings. The first-order chi connectivity index (χ1) is 8.77. The Morgan fingerprint density at radius 3 is 2.63 bits per heavy atom. The Labute approximate surface area is 110 Å². The highest BCUT2D eigenvalue weighted by Crippen LogP contribution is 2.20. The van der Waals surface area contributed by atoms with Crippen molar-refractivity contribution in [1.29, 1.82) is 0 Å². The number of anilines is 1. The fourth-order valence-corrected chi connectivity index (χ4v) is 2.54. The number of methoxy groups -OCH3 is 1. The molecular weight excluding hydrogens is 275 g/mol. The fourth-order valence-electron chi connectivity index (χ4n) is 1.39. The zero-order valence-electron chi connectivity index (χ0n) is 10.6. The molecular formula is C11H15FN2O4S. The van der Waals surface area contributed by atoms with E-state index in [0.29, 0.717) is 0 Å². The van der Waals surface area contributed by atoms with E-state index in [2.05, 4.69) is 9.46 Å². The molecule has 0 aliphatic rings. The number of rotatable bonds is 5. The molecule has 0 heterocycles. The summed E-state index contributed by atoms with van der Waals surface area (Å²) in [5, 5.41) is 0. The fraction of sp³-hybridized carbons (Fsp3) is 0.364. The van der Waals surface area contributed by atoms with E-state index in [0.717, 1.165) is 6.07 Å². The van der Waals surface area contributed by atoms with Gasteiger partial charge in [-0.3, -0.25) is 4.79 Å². The Morgan fingerprint density at radius 2 is 2.11 bits per heavy atom. The Morgan fingerprint density at radius 1 is 1.47 bits per heavy atom. The first kappa shape index (κ1) is 15.4. The van der Waals surface area contributed by atoms with Crippen molar-refractivity contribution in [3.8, 4) is 0 Å². The number of nitrogens with one attached hydrogen (secondary N) is 1. The maximum Gasteiger partial charge on any atom is 0.306 e. The molecule has 0 aliphatic heterocycles. The molecule has 106 valence electrons. The van der Waals surface area contributed by atoms with Crippen molar-refractivity contribution in [2.45, 2.75) is 18.2 Å². The van der Waals surface area contributed by atoms with E-state index in [-0.39, 0.29) is 29.1 Å². The van der Waals surface area contributed by atoms with E-state index >= 15 is 0 Å². The van der Waals surface area contributed by atoms with Crippen molar-refractivity contribution in [3.05, 3.63) is 23.5 Å². The highest BCUT2D eigenvalue weighted by molar-refractivity contribution is 7.89. The van der Waals surface area contributed by atoms with Gasteiger partial charge >= 0.3 is 5.97 Å². The molecule has 8 heteroatoms. The molecule has 0 saturated heterocycles. The predicted octanol–water partition coefficient (Wildman–Crippen LogP) is 0.558. The highest BCUT2D eigenvalue weighted by Gasteiger charge is 2.17. The van der Waals surface area contributed by atoms with Crippen LogP contribution in [0.4, 0.5) is 10.1 Å². The van der Waals surface area contributed by atoms with Gasteiger partial charge in [-0.1, -0.05) is 0 Å². The molecule has 19 heavy (non-hydrogen) atoms. The molecule has 3 N–H and O–H groups in total. The Bertz CT molecular complexity index is 563. The smallest absolute Gasteiger partial charge is 0.306 e. The summed E-state index contributed by atoms with van der Waals surface area (Å²) in [7, 11) is -2.62. The average molecular weight is 290 g/mol. The number of hydrogen-bond donors (Lipinski definition) is 2. The van der Waals surface area contributed by atoms with Gasteiger partial charge in [0, 0.05) is 6.54 Å². The molecule has 0 spiro atoms. The second-order valence-corrected chi connectivity index (χ2v) is 5.63. The third kappa shape index (κ3) is 3.90. The molecule has 0 unspecified atom stereocenters. The van der Waals surface area contributed by atoms with E-state index in [9.17, 15) is 17.6 Å². The molecule has 6 nitrogen and oxygen atoms in total. The van der Waals surface area contributed by atoms with Crippen molar-refractivity contribution in [2.75, 3.05) is 19.4 Å². The van der Waals surface area contributed by atoms with Gasteiger partial charge in [0.2, 0.25) is 10.0 Å². The molecule has 0 aliphatic carbocycles. The minimum atomic E-state index is -3.83. The molecule has 1 aromatic carbocycles. The lowest BCUT2D eigenvalue weighted by Crippen LogP contribution is -2.26. The summed E-state index contributed by atoms with van der Waals surface area (Å²) in [5.74, 6) is -1.17. The van der Waals surface area contributed by atoms with Crippen LogP contribution in [0.2, 0.25) is 0 Å². The molecule has 0 saturated carbocycles. The standard InChI is InChI=1S/C11H15FN2O4S/c1-7-5-8(6-9(13)11(7)12)19(16,17)14-4-3-10(15)18-2/h5-6,14H,3-4,13H2,1-2H3. The van der Waals surface area contributed by atoms with E-state index in [1.165, 1.54) is 20.1 Å². The largest absolute Gasteiger partial charge is 0.469 e. The van der Waals surface area contributed by atoms with Crippen LogP contribution in [0.15, 0.2) is 17.0 Å². The maximum absolute atomic E-state index is 13.3.